The first-order valence-corrected chi connectivity index (χ1v) is 13.1. The molecule has 2 N–H and O–H groups in total. The maximum atomic E-state index is 13.6. The number of alkyl halides is 2. The van der Waals surface area contributed by atoms with Crippen molar-refractivity contribution in [3.63, 3.8) is 0 Å². The first kappa shape index (κ1) is 24.0. The summed E-state index contributed by atoms with van der Waals surface area (Å²) in [6.45, 7) is 4.36. The van der Waals surface area contributed by atoms with Gasteiger partial charge in [-0.25, -0.2) is 23.7 Å². The summed E-state index contributed by atoms with van der Waals surface area (Å²) in [4.78, 5) is 28.3. The molecule has 200 valence electrons. The maximum absolute atomic E-state index is 13.6. The van der Waals surface area contributed by atoms with Crippen molar-refractivity contribution in [3.8, 4) is 22.6 Å². The molecule has 2 fully saturated rings. The van der Waals surface area contributed by atoms with Crippen LogP contribution < -0.4 is 4.90 Å². The van der Waals surface area contributed by atoms with Crippen molar-refractivity contribution in [2.75, 3.05) is 51.2 Å². The lowest BCUT2D eigenvalue weighted by Gasteiger charge is -2.33. The topological polar surface area (TPSA) is 106 Å². The number of likely N-dealkylation sites (N-methyl/N-ethyl adjacent to an activating group) is 1. The van der Waals surface area contributed by atoms with Crippen LogP contribution in [0.2, 0.25) is 0 Å². The lowest BCUT2D eigenvalue weighted by Crippen LogP contribution is -2.44. The Morgan fingerprint density at radius 2 is 1.85 bits per heavy atom. The van der Waals surface area contributed by atoms with Crippen LogP contribution in [0.5, 0.6) is 0 Å². The number of hydrogen-bond acceptors (Lipinski definition) is 8. The van der Waals surface area contributed by atoms with Gasteiger partial charge in [0.2, 0.25) is 0 Å². The summed E-state index contributed by atoms with van der Waals surface area (Å²) >= 11 is 0. The number of aromatic nitrogens is 7. The zero-order valence-electron chi connectivity index (χ0n) is 21.5. The number of nitrogens with zero attached hydrogens (tertiary/aromatic N) is 8. The molecule has 0 spiro atoms. The van der Waals surface area contributed by atoms with Gasteiger partial charge in [0.1, 0.15) is 11.2 Å². The number of halogens is 2. The average molecular weight is 531 g/mol. The molecule has 12 heteroatoms. The average Bonchev–Trinajstić information content (AvgIpc) is 3.64. The predicted molar refractivity (Wildman–Crippen MR) is 145 cm³/mol. The highest BCUT2D eigenvalue weighted by atomic mass is 19.3. The van der Waals surface area contributed by atoms with Crippen LogP contribution in [0.15, 0.2) is 43.0 Å². The third-order valence-corrected chi connectivity index (χ3v) is 7.61. The second-order valence-electron chi connectivity index (χ2n) is 10.5. The quantitative estimate of drug-likeness (QED) is 0.356. The number of anilines is 1. The second kappa shape index (κ2) is 9.31. The van der Waals surface area contributed by atoms with Crippen molar-refractivity contribution in [2.45, 2.75) is 18.9 Å². The number of rotatable bonds is 5. The Kier molecular flexibility index (Phi) is 5.74. The molecule has 7 rings (SSSR count). The molecule has 0 atom stereocenters. The number of nitrogens with one attached hydrogen (secondary N) is 2. The highest BCUT2D eigenvalue weighted by Gasteiger charge is 2.37. The van der Waals surface area contributed by atoms with E-state index in [-0.39, 0.29) is 13.0 Å². The number of imidazole rings is 1. The third kappa shape index (κ3) is 4.59. The van der Waals surface area contributed by atoms with Crippen molar-refractivity contribution >= 4 is 27.9 Å². The summed E-state index contributed by atoms with van der Waals surface area (Å²) < 4.78 is 27.3. The van der Waals surface area contributed by atoms with E-state index in [0.717, 1.165) is 65.1 Å². The van der Waals surface area contributed by atoms with Gasteiger partial charge in [-0.2, -0.15) is 5.10 Å². The molecule has 7 heterocycles. The SMILES string of the molecule is CN1CCN(c2nccc3[nH]c(-c4n[nH]c5ncc(-c6cncc(CN7CCC(F)(F)C7)c6)cc45)nc23)CC1. The molecule has 10 nitrogen and oxygen atoms in total. The summed E-state index contributed by atoms with van der Waals surface area (Å²) in [7, 11) is 2.13. The zero-order valence-corrected chi connectivity index (χ0v) is 21.5. The van der Waals surface area contributed by atoms with Gasteiger partial charge >= 0.3 is 0 Å². The van der Waals surface area contributed by atoms with E-state index in [1.54, 1.807) is 23.5 Å². The Hall–Kier alpha value is -4.03. The highest BCUT2D eigenvalue weighted by molar-refractivity contribution is 5.95. The van der Waals surface area contributed by atoms with E-state index in [1.165, 1.54) is 0 Å². The first-order valence-electron chi connectivity index (χ1n) is 13.1. The van der Waals surface area contributed by atoms with Crippen molar-refractivity contribution in [1.82, 2.24) is 44.9 Å². The summed E-state index contributed by atoms with van der Waals surface area (Å²) in [6.07, 6.45) is 6.97. The normalized spacial score (nSPS) is 18.5. The van der Waals surface area contributed by atoms with Crippen LogP contribution in [0.1, 0.15) is 12.0 Å². The minimum atomic E-state index is -2.62. The number of aromatic amines is 2. The van der Waals surface area contributed by atoms with E-state index in [2.05, 4.69) is 47.0 Å². The van der Waals surface area contributed by atoms with Crippen LogP contribution in [0.25, 0.3) is 44.7 Å². The maximum Gasteiger partial charge on any atom is 0.261 e. The molecule has 0 aliphatic carbocycles. The summed E-state index contributed by atoms with van der Waals surface area (Å²) in [5.41, 5.74) is 5.66. The van der Waals surface area contributed by atoms with E-state index in [9.17, 15) is 8.78 Å². The van der Waals surface area contributed by atoms with E-state index in [1.807, 2.05) is 24.4 Å². The Morgan fingerprint density at radius 3 is 2.67 bits per heavy atom. The lowest BCUT2D eigenvalue weighted by molar-refractivity contribution is 0.0115. The van der Waals surface area contributed by atoms with Crippen LogP contribution >= 0.6 is 0 Å². The summed E-state index contributed by atoms with van der Waals surface area (Å²) in [5.74, 6) is -1.10. The molecule has 39 heavy (non-hydrogen) atoms. The molecule has 0 aromatic carbocycles. The van der Waals surface area contributed by atoms with E-state index < -0.39 is 5.92 Å². The number of fused-ring (bicyclic) bond motifs is 2. The molecule has 2 saturated heterocycles. The summed E-state index contributed by atoms with van der Waals surface area (Å²) in [6, 6.07) is 5.93. The Balaban J connectivity index is 1.21. The summed E-state index contributed by atoms with van der Waals surface area (Å²) in [5, 5.41) is 8.37. The van der Waals surface area contributed by atoms with Gasteiger partial charge in [0, 0.05) is 81.6 Å². The van der Waals surface area contributed by atoms with Crippen molar-refractivity contribution in [3.05, 3.63) is 48.5 Å². The van der Waals surface area contributed by atoms with Gasteiger partial charge in [0.25, 0.3) is 5.92 Å². The van der Waals surface area contributed by atoms with Gasteiger partial charge < -0.3 is 14.8 Å². The molecule has 5 aromatic rings. The molecular weight excluding hydrogens is 502 g/mol. The molecule has 2 aliphatic heterocycles. The van der Waals surface area contributed by atoms with Gasteiger partial charge in [0.05, 0.1) is 17.4 Å². The minimum Gasteiger partial charge on any atom is -0.352 e. The lowest BCUT2D eigenvalue weighted by atomic mass is 10.1. The van der Waals surface area contributed by atoms with E-state index in [4.69, 9.17) is 4.98 Å². The first-order chi connectivity index (χ1) is 18.9. The number of hydrogen-bond donors (Lipinski definition) is 2. The van der Waals surface area contributed by atoms with Gasteiger partial charge in [-0.05, 0) is 30.8 Å². The van der Waals surface area contributed by atoms with Gasteiger partial charge in [-0.15, -0.1) is 0 Å². The molecule has 0 saturated carbocycles. The van der Waals surface area contributed by atoms with Crippen LogP contribution in [-0.4, -0.2) is 97.2 Å². The van der Waals surface area contributed by atoms with Gasteiger partial charge in [0.15, 0.2) is 17.3 Å². The van der Waals surface area contributed by atoms with Crippen LogP contribution in [0, 0.1) is 0 Å². The van der Waals surface area contributed by atoms with Crippen LogP contribution in [0.4, 0.5) is 14.6 Å². The van der Waals surface area contributed by atoms with Crippen LogP contribution in [0.3, 0.4) is 0 Å². The number of likely N-dealkylation sites (tertiary alicyclic amines) is 1. The second-order valence-corrected chi connectivity index (χ2v) is 10.5. The number of piperazine rings is 1. The third-order valence-electron chi connectivity index (χ3n) is 7.61. The standard InChI is InChI=1S/C27H28F2N10/c1-37-6-8-39(9-7-37)26-23-21(2-4-31-26)33-25(34-23)22-20-11-19(14-32-24(20)36-35-22)18-10-17(12-30-13-18)15-38-5-3-27(28,29)16-38/h2,4,10-14H,3,5-9,15-16H2,1H3,(H,33,34)(H,32,35,36). The van der Waals surface area contributed by atoms with E-state index >= 15 is 0 Å². The Labute approximate surface area is 223 Å². The highest BCUT2D eigenvalue weighted by Crippen LogP contribution is 2.32. The molecule has 0 amide bonds. The number of H-pyrrole nitrogens is 2. The molecule has 0 radical (unpaired) electrons. The van der Waals surface area contributed by atoms with Gasteiger partial charge in [-0.1, -0.05) is 0 Å². The van der Waals surface area contributed by atoms with E-state index in [0.29, 0.717) is 30.3 Å². The monoisotopic (exact) mass is 530 g/mol. The fraction of sp³-hybridized carbons (Fsp3) is 0.370. The molecule has 2 aliphatic rings. The Bertz CT molecular complexity index is 1650. The molecular formula is C27H28F2N10. The fourth-order valence-corrected chi connectivity index (χ4v) is 5.46. The molecule has 0 bridgehead atoms. The predicted octanol–water partition coefficient (Wildman–Crippen LogP) is 3.55. The molecule has 0 unspecified atom stereocenters. The fourth-order valence-electron chi connectivity index (χ4n) is 5.46. The zero-order chi connectivity index (χ0) is 26.6. The van der Waals surface area contributed by atoms with Crippen LogP contribution in [-0.2, 0) is 6.54 Å². The number of pyridine rings is 3. The van der Waals surface area contributed by atoms with Crippen molar-refractivity contribution in [2.24, 2.45) is 0 Å². The van der Waals surface area contributed by atoms with Gasteiger partial charge in [-0.3, -0.25) is 15.0 Å². The largest absolute Gasteiger partial charge is 0.352 e. The van der Waals surface area contributed by atoms with Crippen molar-refractivity contribution in [1.29, 1.82) is 0 Å². The molecule has 5 aromatic heterocycles. The Morgan fingerprint density at radius 1 is 1.00 bits per heavy atom. The van der Waals surface area contributed by atoms with Crippen molar-refractivity contribution < 1.29 is 8.78 Å². The minimum absolute atomic E-state index is 0.0985. The smallest absolute Gasteiger partial charge is 0.261 e.